The van der Waals surface area contributed by atoms with Crippen LogP contribution >= 0.6 is 22.6 Å². The zero-order chi connectivity index (χ0) is 9.26. The van der Waals surface area contributed by atoms with Gasteiger partial charge in [0.15, 0.2) is 9.66 Å². The van der Waals surface area contributed by atoms with Crippen molar-refractivity contribution in [3.8, 4) is 11.3 Å². The van der Waals surface area contributed by atoms with Crippen LogP contribution in [0.1, 0.15) is 5.89 Å². The number of aromatic nitrogens is 1. The number of benzene rings is 1. The molecule has 0 atom stereocenters. The van der Waals surface area contributed by atoms with Gasteiger partial charge in [-0.2, -0.15) is 0 Å². The van der Waals surface area contributed by atoms with Crippen LogP contribution in [0.25, 0.3) is 11.3 Å². The van der Waals surface area contributed by atoms with Gasteiger partial charge in [-0.1, -0.05) is 30.3 Å². The standard InChI is InChI=1S/C10H8INO/c1-7-12-9(10(11)13-7)8-5-3-2-4-6-8/h2-6H,1H3. The van der Waals surface area contributed by atoms with Crippen molar-refractivity contribution in [1.82, 2.24) is 4.98 Å². The van der Waals surface area contributed by atoms with Crippen LogP contribution in [0.2, 0.25) is 0 Å². The van der Waals surface area contributed by atoms with E-state index >= 15 is 0 Å². The molecule has 0 aliphatic rings. The summed E-state index contributed by atoms with van der Waals surface area (Å²) in [5, 5.41) is 0. The minimum atomic E-state index is 0.711. The molecule has 0 aliphatic heterocycles. The van der Waals surface area contributed by atoms with E-state index in [0.717, 1.165) is 15.0 Å². The molecule has 0 saturated heterocycles. The molecule has 0 spiro atoms. The Bertz CT molecular complexity index is 408. The van der Waals surface area contributed by atoms with Gasteiger partial charge in [-0.15, -0.1) is 0 Å². The van der Waals surface area contributed by atoms with Crippen LogP contribution in [0.15, 0.2) is 34.7 Å². The summed E-state index contributed by atoms with van der Waals surface area (Å²) < 4.78 is 6.19. The molecule has 0 saturated carbocycles. The first-order chi connectivity index (χ1) is 6.27. The topological polar surface area (TPSA) is 26.0 Å². The van der Waals surface area contributed by atoms with Crippen LogP contribution in [0, 0.1) is 10.7 Å². The maximum Gasteiger partial charge on any atom is 0.193 e. The van der Waals surface area contributed by atoms with Gasteiger partial charge in [-0.25, -0.2) is 4.98 Å². The molecule has 0 unspecified atom stereocenters. The summed E-state index contributed by atoms with van der Waals surface area (Å²) >= 11 is 2.16. The Morgan fingerprint density at radius 2 is 1.92 bits per heavy atom. The van der Waals surface area contributed by atoms with Crippen LogP contribution in [-0.4, -0.2) is 4.98 Å². The van der Waals surface area contributed by atoms with Crippen LogP contribution in [0.3, 0.4) is 0 Å². The van der Waals surface area contributed by atoms with Crippen LogP contribution in [0.4, 0.5) is 0 Å². The first-order valence-electron chi connectivity index (χ1n) is 3.96. The third-order valence-electron chi connectivity index (χ3n) is 1.74. The highest BCUT2D eigenvalue weighted by Crippen LogP contribution is 2.24. The van der Waals surface area contributed by atoms with Gasteiger partial charge in [-0.3, -0.25) is 0 Å². The van der Waals surface area contributed by atoms with E-state index in [0.29, 0.717) is 5.89 Å². The van der Waals surface area contributed by atoms with Crippen molar-refractivity contribution in [2.24, 2.45) is 0 Å². The SMILES string of the molecule is Cc1nc(-c2ccccc2)c(I)o1. The lowest BCUT2D eigenvalue weighted by Crippen LogP contribution is -1.78. The molecule has 2 rings (SSSR count). The lowest BCUT2D eigenvalue weighted by molar-refractivity contribution is 0.497. The highest BCUT2D eigenvalue weighted by Gasteiger charge is 2.08. The number of nitrogens with zero attached hydrogens (tertiary/aromatic N) is 1. The Morgan fingerprint density at radius 1 is 1.23 bits per heavy atom. The molecule has 3 heteroatoms. The van der Waals surface area contributed by atoms with E-state index in [2.05, 4.69) is 27.6 Å². The first kappa shape index (κ1) is 8.74. The molecule has 13 heavy (non-hydrogen) atoms. The van der Waals surface area contributed by atoms with Crippen molar-refractivity contribution in [2.45, 2.75) is 6.92 Å². The Labute approximate surface area is 90.1 Å². The van der Waals surface area contributed by atoms with Crippen molar-refractivity contribution in [3.05, 3.63) is 40.0 Å². The second-order valence-corrected chi connectivity index (χ2v) is 3.70. The molecule has 0 bridgehead atoms. The predicted molar refractivity (Wildman–Crippen MR) is 59.4 cm³/mol. The fourth-order valence-corrected chi connectivity index (χ4v) is 1.93. The molecule has 2 nitrogen and oxygen atoms in total. The summed E-state index contributed by atoms with van der Waals surface area (Å²) in [5.41, 5.74) is 2.03. The Hall–Kier alpha value is -0.840. The van der Waals surface area contributed by atoms with Gasteiger partial charge < -0.3 is 4.42 Å². The van der Waals surface area contributed by atoms with E-state index in [9.17, 15) is 0 Å². The minimum Gasteiger partial charge on any atom is -0.435 e. The number of hydrogen-bond acceptors (Lipinski definition) is 2. The quantitative estimate of drug-likeness (QED) is 0.752. The minimum absolute atomic E-state index is 0.711. The summed E-state index contributed by atoms with van der Waals surface area (Å²) in [6, 6.07) is 10.0. The Balaban J connectivity index is 2.53. The van der Waals surface area contributed by atoms with Crippen molar-refractivity contribution in [2.75, 3.05) is 0 Å². The molecular weight excluding hydrogens is 277 g/mol. The third-order valence-corrected chi connectivity index (χ3v) is 2.47. The number of halogens is 1. The zero-order valence-corrected chi connectivity index (χ0v) is 9.28. The van der Waals surface area contributed by atoms with E-state index in [1.807, 2.05) is 37.3 Å². The first-order valence-corrected chi connectivity index (χ1v) is 5.03. The number of oxazole rings is 1. The third kappa shape index (κ3) is 1.75. The summed E-state index contributed by atoms with van der Waals surface area (Å²) in [7, 11) is 0. The number of aryl methyl sites for hydroxylation is 1. The summed E-state index contributed by atoms with van der Waals surface area (Å²) in [6.45, 7) is 1.86. The highest BCUT2D eigenvalue weighted by atomic mass is 127. The molecular formula is C10H8INO. The maximum absolute atomic E-state index is 5.34. The van der Waals surface area contributed by atoms with E-state index in [-0.39, 0.29) is 0 Å². The fraction of sp³-hybridized carbons (Fsp3) is 0.100. The van der Waals surface area contributed by atoms with Crippen LogP contribution in [0.5, 0.6) is 0 Å². The lowest BCUT2D eigenvalue weighted by atomic mass is 10.2. The van der Waals surface area contributed by atoms with Gasteiger partial charge in [0.05, 0.1) is 0 Å². The van der Waals surface area contributed by atoms with Crippen molar-refractivity contribution in [1.29, 1.82) is 0 Å². The molecule has 0 N–H and O–H groups in total. The summed E-state index contributed by atoms with van der Waals surface area (Å²) in [4.78, 5) is 4.31. The molecule has 0 radical (unpaired) electrons. The van der Waals surface area contributed by atoms with E-state index < -0.39 is 0 Å². The summed E-state index contributed by atoms with van der Waals surface area (Å²) in [5.74, 6) is 0.711. The van der Waals surface area contributed by atoms with Gasteiger partial charge in [0.25, 0.3) is 0 Å². The van der Waals surface area contributed by atoms with Gasteiger partial charge >= 0.3 is 0 Å². The normalized spacial score (nSPS) is 10.3. The fourth-order valence-electron chi connectivity index (χ4n) is 1.18. The van der Waals surface area contributed by atoms with E-state index in [4.69, 9.17) is 4.42 Å². The average molecular weight is 285 g/mol. The molecule has 2 aromatic rings. The van der Waals surface area contributed by atoms with Crippen molar-refractivity contribution < 1.29 is 4.42 Å². The zero-order valence-electron chi connectivity index (χ0n) is 7.12. The molecule has 1 aromatic heterocycles. The largest absolute Gasteiger partial charge is 0.435 e. The second-order valence-electron chi connectivity index (χ2n) is 2.72. The second kappa shape index (κ2) is 3.49. The Morgan fingerprint density at radius 3 is 2.46 bits per heavy atom. The van der Waals surface area contributed by atoms with Gasteiger partial charge in [0, 0.05) is 35.1 Å². The highest BCUT2D eigenvalue weighted by molar-refractivity contribution is 14.1. The van der Waals surface area contributed by atoms with Gasteiger partial charge in [0.2, 0.25) is 0 Å². The van der Waals surface area contributed by atoms with E-state index in [1.54, 1.807) is 0 Å². The molecule has 0 aliphatic carbocycles. The average Bonchev–Trinajstić information content (AvgIpc) is 2.47. The lowest BCUT2D eigenvalue weighted by Gasteiger charge is -1.93. The van der Waals surface area contributed by atoms with Gasteiger partial charge in [0.1, 0.15) is 5.69 Å². The smallest absolute Gasteiger partial charge is 0.193 e. The van der Waals surface area contributed by atoms with Crippen LogP contribution in [-0.2, 0) is 0 Å². The molecule has 0 fully saturated rings. The van der Waals surface area contributed by atoms with Crippen molar-refractivity contribution in [3.63, 3.8) is 0 Å². The molecule has 1 heterocycles. The predicted octanol–water partition coefficient (Wildman–Crippen LogP) is 3.25. The maximum atomic E-state index is 5.34. The molecule has 66 valence electrons. The number of hydrogen-bond donors (Lipinski definition) is 0. The monoisotopic (exact) mass is 285 g/mol. The van der Waals surface area contributed by atoms with E-state index in [1.165, 1.54) is 0 Å². The number of rotatable bonds is 1. The molecule has 0 amide bonds. The van der Waals surface area contributed by atoms with Gasteiger partial charge in [-0.05, 0) is 0 Å². The summed E-state index contributed by atoms with van der Waals surface area (Å²) in [6.07, 6.45) is 0. The van der Waals surface area contributed by atoms with Crippen LogP contribution < -0.4 is 0 Å². The Kier molecular flexibility index (Phi) is 2.35. The molecule has 1 aromatic carbocycles. The van der Waals surface area contributed by atoms with Crippen molar-refractivity contribution >= 4 is 22.6 Å².